The van der Waals surface area contributed by atoms with Gasteiger partial charge in [0.1, 0.15) is 11.2 Å². The largest absolute Gasteiger partial charge is 0.351 e. The Kier molecular flexibility index (Phi) is 4.51. The molecule has 4 amide bonds. The van der Waals surface area contributed by atoms with Crippen LogP contribution in [-0.2, 0) is 4.79 Å². The summed E-state index contributed by atoms with van der Waals surface area (Å²) in [5, 5.41) is 5.62. The van der Waals surface area contributed by atoms with Crippen molar-refractivity contribution in [3.8, 4) is 0 Å². The predicted octanol–water partition coefficient (Wildman–Crippen LogP) is 1.37. The van der Waals surface area contributed by atoms with Crippen LogP contribution in [0.25, 0.3) is 0 Å². The molecule has 1 aliphatic heterocycles. The first-order valence-corrected chi connectivity index (χ1v) is 8.38. The number of hydrogen-bond donors (Lipinski definition) is 2. The molecule has 1 aromatic rings. The maximum atomic E-state index is 12.5. The highest BCUT2D eigenvalue weighted by Gasteiger charge is 2.51. The Morgan fingerprint density at radius 2 is 2.08 bits per heavy atom. The highest BCUT2D eigenvalue weighted by molar-refractivity contribution is 6.07. The van der Waals surface area contributed by atoms with Crippen LogP contribution in [0, 0.1) is 6.92 Å². The summed E-state index contributed by atoms with van der Waals surface area (Å²) in [5.74, 6) is -0.361. The van der Waals surface area contributed by atoms with E-state index in [4.69, 9.17) is 0 Å². The molecular formula is C17H22N4O3. The van der Waals surface area contributed by atoms with Gasteiger partial charge in [-0.2, -0.15) is 0 Å². The minimum Gasteiger partial charge on any atom is -0.351 e. The minimum absolute atomic E-state index is 0.114. The predicted molar refractivity (Wildman–Crippen MR) is 87.4 cm³/mol. The van der Waals surface area contributed by atoms with Crippen molar-refractivity contribution in [3.05, 3.63) is 29.6 Å². The van der Waals surface area contributed by atoms with Gasteiger partial charge in [0.05, 0.1) is 0 Å². The summed E-state index contributed by atoms with van der Waals surface area (Å²) in [4.78, 5) is 41.9. The van der Waals surface area contributed by atoms with Gasteiger partial charge < -0.3 is 10.6 Å². The Morgan fingerprint density at radius 1 is 1.33 bits per heavy atom. The summed E-state index contributed by atoms with van der Waals surface area (Å²) in [6.07, 6.45) is 3.92. The number of nitrogens with zero attached hydrogens (tertiary/aromatic N) is 2. The smallest absolute Gasteiger partial charge is 0.325 e. The van der Waals surface area contributed by atoms with Crippen molar-refractivity contribution in [2.45, 2.75) is 44.6 Å². The lowest BCUT2D eigenvalue weighted by atomic mass is 9.98. The number of imide groups is 1. The molecule has 1 aliphatic carbocycles. The first-order chi connectivity index (χ1) is 11.5. The van der Waals surface area contributed by atoms with Crippen molar-refractivity contribution in [3.63, 3.8) is 0 Å². The van der Waals surface area contributed by atoms with Gasteiger partial charge in [0.15, 0.2) is 0 Å². The Hall–Kier alpha value is -2.44. The van der Waals surface area contributed by atoms with Gasteiger partial charge in [-0.25, -0.2) is 9.78 Å². The van der Waals surface area contributed by atoms with Crippen LogP contribution in [0.3, 0.4) is 0 Å². The van der Waals surface area contributed by atoms with Crippen LogP contribution in [0.15, 0.2) is 18.2 Å². The summed E-state index contributed by atoms with van der Waals surface area (Å²) in [6.45, 7) is 2.53. The fourth-order valence-electron chi connectivity index (χ4n) is 3.40. The first-order valence-electron chi connectivity index (χ1n) is 8.38. The van der Waals surface area contributed by atoms with Gasteiger partial charge in [-0.1, -0.05) is 18.9 Å². The summed E-state index contributed by atoms with van der Waals surface area (Å²) in [6, 6.07) is 4.95. The molecule has 24 heavy (non-hydrogen) atoms. The van der Waals surface area contributed by atoms with Crippen LogP contribution >= 0.6 is 0 Å². The summed E-state index contributed by atoms with van der Waals surface area (Å²) in [7, 11) is 0. The number of nitrogens with one attached hydrogen (secondary N) is 2. The molecule has 1 saturated heterocycles. The average molecular weight is 330 g/mol. The van der Waals surface area contributed by atoms with Crippen molar-refractivity contribution in [2.24, 2.45) is 0 Å². The zero-order chi connectivity index (χ0) is 17.2. The topological polar surface area (TPSA) is 91.4 Å². The highest BCUT2D eigenvalue weighted by atomic mass is 16.2. The van der Waals surface area contributed by atoms with Gasteiger partial charge in [-0.3, -0.25) is 14.5 Å². The van der Waals surface area contributed by atoms with Crippen LogP contribution < -0.4 is 10.6 Å². The lowest BCUT2D eigenvalue weighted by Crippen LogP contribution is -2.44. The SMILES string of the molecule is Cc1cccc(C(=O)NCCCN2C(=O)NC3(CCCC3)C2=O)n1. The number of hydrogen-bond acceptors (Lipinski definition) is 4. The van der Waals surface area contributed by atoms with Gasteiger partial charge in [-0.15, -0.1) is 0 Å². The number of rotatable bonds is 5. The zero-order valence-electron chi connectivity index (χ0n) is 13.8. The molecule has 1 aromatic heterocycles. The number of pyridine rings is 1. The van der Waals surface area contributed by atoms with Crippen molar-refractivity contribution < 1.29 is 14.4 Å². The molecule has 128 valence electrons. The van der Waals surface area contributed by atoms with Crippen LogP contribution in [0.5, 0.6) is 0 Å². The van der Waals surface area contributed by atoms with Crippen molar-refractivity contribution in [2.75, 3.05) is 13.1 Å². The molecule has 7 nitrogen and oxygen atoms in total. The van der Waals surface area contributed by atoms with E-state index in [-0.39, 0.29) is 17.8 Å². The number of aryl methyl sites for hydroxylation is 1. The van der Waals surface area contributed by atoms with E-state index in [2.05, 4.69) is 15.6 Å². The second-order valence-corrected chi connectivity index (χ2v) is 6.45. The van der Waals surface area contributed by atoms with Gasteiger partial charge in [0.25, 0.3) is 11.8 Å². The van der Waals surface area contributed by atoms with Crippen LogP contribution in [0.4, 0.5) is 4.79 Å². The molecule has 0 bridgehead atoms. The second kappa shape index (κ2) is 6.59. The van der Waals surface area contributed by atoms with Gasteiger partial charge in [0.2, 0.25) is 0 Å². The van der Waals surface area contributed by atoms with E-state index in [0.717, 1.165) is 31.4 Å². The van der Waals surface area contributed by atoms with Crippen LogP contribution in [0.2, 0.25) is 0 Å². The Bertz CT molecular complexity index is 668. The first kappa shape index (κ1) is 16.4. The average Bonchev–Trinajstić information content (AvgIpc) is 3.11. The van der Waals surface area contributed by atoms with Crippen LogP contribution in [-0.4, -0.2) is 46.4 Å². The molecule has 0 radical (unpaired) electrons. The standard InChI is InChI=1S/C17H22N4O3/c1-12-6-4-7-13(19-12)14(22)18-10-5-11-21-15(23)17(20-16(21)24)8-2-3-9-17/h4,6-7H,2-3,5,8-11H2,1H3,(H,18,22)(H,20,24). The fourth-order valence-corrected chi connectivity index (χ4v) is 3.40. The monoisotopic (exact) mass is 330 g/mol. The number of carbonyl (C=O) groups excluding carboxylic acids is 3. The molecule has 2 N–H and O–H groups in total. The third-order valence-corrected chi connectivity index (χ3v) is 4.67. The van der Waals surface area contributed by atoms with Crippen LogP contribution in [0.1, 0.15) is 48.3 Å². The summed E-state index contributed by atoms with van der Waals surface area (Å²) < 4.78 is 0. The van der Waals surface area contributed by atoms with E-state index in [1.807, 2.05) is 13.0 Å². The van der Waals surface area contributed by atoms with Crippen molar-refractivity contribution >= 4 is 17.8 Å². The number of aromatic nitrogens is 1. The third kappa shape index (κ3) is 3.11. The number of amides is 4. The Balaban J connectivity index is 1.47. The van der Waals surface area contributed by atoms with Gasteiger partial charge in [0, 0.05) is 18.8 Å². The maximum absolute atomic E-state index is 12.5. The van der Waals surface area contributed by atoms with Crippen molar-refractivity contribution in [1.29, 1.82) is 0 Å². The van der Waals surface area contributed by atoms with Gasteiger partial charge in [-0.05, 0) is 38.3 Å². The molecule has 0 unspecified atom stereocenters. The Labute approximate surface area is 140 Å². The van der Waals surface area contributed by atoms with Gasteiger partial charge >= 0.3 is 6.03 Å². The van der Waals surface area contributed by atoms with E-state index >= 15 is 0 Å². The summed E-state index contributed by atoms with van der Waals surface area (Å²) in [5.41, 5.74) is 0.491. The highest BCUT2D eigenvalue weighted by Crippen LogP contribution is 2.34. The lowest BCUT2D eigenvalue weighted by Gasteiger charge is -2.20. The quantitative estimate of drug-likeness (QED) is 0.630. The molecule has 2 heterocycles. The normalized spacial score (nSPS) is 19.0. The molecule has 2 fully saturated rings. The molecule has 1 saturated carbocycles. The zero-order valence-corrected chi connectivity index (χ0v) is 13.8. The fraction of sp³-hybridized carbons (Fsp3) is 0.529. The molecule has 7 heteroatoms. The minimum atomic E-state index is -0.661. The molecule has 0 atom stereocenters. The summed E-state index contributed by atoms with van der Waals surface area (Å²) >= 11 is 0. The van der Waals surface area contributed by atoms with E-state index < -0.39 is 5.54 Å². The second-order valence-electron chi connectivity index (χ2n) is 6.45. The van der Waals surface area contributed by atoms with E-state index in [9.17, 15) is 14.4 Å². The van der Waals surface area contributed by atoms with E-state index in [1.54, 1.807) is 12.1 Å². The Morgan fingerprint density at radius 3 is 2.79 bits per heavy atom. The maximum Gasteiger partial charge on any atom is 0.325 e. The molecule has 1 spiro atoms. The molecular weight excluding hydrogens is 308 g/mol. The number of carbonyl (C=O) groups is 3. The molecule has 2 aliphatic rings. The molecule has 3 rings (SSSR count). The third-order valence-electron chi connectivity index (χ3n) is 4.67. The van der Waals surface area contributed by atoms with E-state index in [1.165, 1.54) is 4.90 Å². The van der Waals surface area contributed by atoms with Crippen molar-refractivity contribution in [1.82, 2.24) is 20.5 Å². The number of urea groups is 1. The lowest BCUT2D eigenvalue weighted by molar-refractivity contribution is -0.131. The molecule has 0 aromatic carbocycles. The van der Waals surface area contributed by atoms with E-state index in [0.29, 0.717) is 25.2 Å².